The molecule has 0 N–H and O–H groups in total. The molecule has 0 spiro atoms. The molecule has 2 heterocycles. The molecule has 0 radical (unpaired) electrons. The largest absolute Gasteiger partial charge is 0.440 e. The van der Waals surface area contributed by atoms with E-state index in [0.29, 0.717) is 21.9 Å². The van der Waals surface area contributed by atoms with E-state index in [4.69, 9.17) is 4.42 Å². The highest BCUT2D eigenvalue weighted by Gasteiger charge is 2.34. The summed E-state index contributed by atoms with van der Waals surface area (Å²) in [5.74, 6) is 1.18. The fourth-order valence-electron chi connectivity index (χ4n) is 3.53. The molecule has 2 aromatic rings. The number of likely N-dealkylation sites (tertiary alicyclic amines) is 1. The second-order valence-corrected chi connectivity index (χ2v) is 8.93. The Bertz CT molecular complexity index is 823. The van der Waals surface area contributed by atoms with E-state index in [9.17, 15) is 8.42 Å². The lowest BCUT2D eigenvalue weighted by Crippen LogP contribution is -2.38. The Hall–Kier alpha value is -1.40. The first-order valence-electron chi connectivity index (χ1n) is 8.44. The van der Waals surface area contributed by atoms with Crippen LogP contribution in [0.3, 0.4) is 0 Å². The molecule has 4 rings (SSSR count). The molecule has 1 aliphatic carbocycles. The van der Waals surface area contributed by atoms with Crippen LogP contribution in [0.4, 0.5) is 0 Å². The monoisotopic (exact) mass is 334 g/mol. The summed E-state index contributed by atoms with van der Waals surface area (Å²) in [6, 6.07) is 5.74. The van der Waals surface area contributed by atoms with Crippen LogP contribution in [-0.4, -0.2) is 43.2 Å². The van der Waals surface area contributed by atoms with Gasteiger partial charge in [-0.15, -0.1) is 0 Å². The smallest absolute Gasteiger partial charge is 0.199 e. The van der Waals surface area contributed by atoms with Crippen molar-refractivity contribution in [1.82, 2.24) is 9.88 Å². The van der Waals surface area contributed by atoms with E-state index < -0.39 is 9.84 Å². The molecule has 1 unspecified atom stereocenters. The Kier molecular flexibility index (Phi) is 3.69. The van der Waals surface area contributed by atoms with Crippen LogP contribution >= 0.6 is 0 Å². The topological polar surface area (TPSA) is 63.4 Å². The van der Waals surface area contributed by atoms with Crippen molar-refractivity contribution in [3.63, 3.8) is 0 Å². The minimum atomic E-state index is -3.21. The molecule has 6 heteroatoms. The van der Waals surface area contributed by atoms with Gasteiger partial charge in [0.05, 0.1) is 10.6 Å². The maximum Gasteiger partial charge on any atom is 0.199 e. The lowest BCUT2D eigenvalue weighted by Gasteiger charge is -2.34. The Labute approximate surface area is 136 Å². The lowest BCUT2D eigenvalue weighted by molar-refractivity contribution is 0.156. The first kappa shape index (κ1) is 15.1. The predicted octanol–water partition coefficient (Wildman–Crippen LogP) is 2.96. The number of fused-ring (bicyclic) bond motifs is 1. The fourth-order valence-corrected chi connectivity index (χ4v) is 4.43. The van der Waals surface area contributed by atoms with Gasteiger partial charge in [0, 0.05) is 18.5 Å². The molecule has 2 aliphatic rings. The van der Waals surface area contributed by atoms with Crippen molar-refractivity contribution >= 4 is 20.9 Å². The fraction of sp³-hybridized carbons (Fsp3) is 0.588. The Morgan fingerprint density at radius 1 is 1.30 bits per heavy atom. The zero-order valence-corrected chi connectivity index (χ0v) is 14.2. The summed E-state index contributed by atoms with van der Waals surface area (Å²) in [4.78, 5) is 7.46. The van der Waals surface area contributed by atoms with Crippen LogP contribution in [0.15, 0.2) is 27.5 Å². The number of sulfone groups is 1. The van der Waals surface area contributed by atoms with Gasteiger partial charge in [0.1, 0.15) is 5.52 Å². The minimum absolute atomic E-state index is 0.0994. The molecule has 1 aliphatic heterocycles. The quantitative estimate of drug-likeness (QED) is 0.860. The van der Waals surface area contributed by atoms with E-state index in [0.717, 1.165) is 31.4 Å². The molecule has 5 nitrogen and oxygen atoms in total. The van der Waals surface area contributed by atoms with E-state index in [1.165, 1.54) is 19.3 Å². The van der Waals surface area contributed by atoms with Crippen LogP contribution in [0.1, 0.15) is 44.4 Å². The van der Waals surface area contributed by atoms with Crippen LogP contribution in [-0.2, 0) is 9.84 Å². The van der Waals surface area contributed by atoms with Gasteiger partial charge in [0.2, 0.25) is 0 Å². The second kappa shape index (κ2) is 5.60. The standard InChI is InChI=1S/C17H22N2O3S/c1-2-23(20,21)14-6-7-16-15(10-14)18-17(22-16)12-8-9-19(11-12)13-4-3-5-13/h6-7,10,12-13H,2-5,8-9,11H2,1H3. The molecule has 0 bridgehead atoms. The van der Waals surface area contributed by atoms with Gasteiger partial charge in [-0.3, -0.25) is 4.90 Å². The van der Waals surface area contributed by atoms with Crippen LogP contribution in [0.5, 0.6) is 0 Å². The maximum absolute atomic E-state index is 12.0. The molecule has 0 amide bonds. The molecule has 1 saturated heterocycles. The van der Waals surface area contributed by atoms with Crippen molar-refractivity contribution in [2.24, 2.45) is 0 Å². The van der Waals surface area contributed by atoms with E-state index in [1.807, 2.05) is 0 Å². The first-order valence-corrected chi connectivity index (χ1v) is 10.1. The third-order valence-corrected chi connectivity index (χ3v) is 7.01. The molecule has 124 valence electrons. The molecule has 1 aromatic carbocycles. The van der Waals surface area contributed by atoms with Gasteiger partial charge >= 0.3 is 0 Å². The van der Waals surface area contributed by atoms with Crippen LogP contribution in [0.2, 0.25) is 0 Å². The third-order valence-electron chi connectivity index (χ3n) is 5.27. The van der Waals surface area contributed by atoms with Crippen molar-refractivity contribution in [3.8, 4) is 0 Å². The Balaban J connectivity index is 1.59. The summed E-state index contributed by atoms with van der Waals surface area (Å²) in [6.45, 7) is 3.78. The Morgan fingerprint density at radius 2 is 2.13 bits per heavy atom. The number of hydrogen-bond acceptors (Lipinski definition) is 5. The van der Waals surface area contributed by atoms with Gasteiger partial charge in [0.15, 0.2) is 21.3 Å². The lowest BCUT2D eigenvalue weighted by atomic mass is 9.92. The highest BCUT2D eigenvalue weighted by molar-refractivity contribution is 7.91. The van der Waals surface area contributed by atoms with Crippen LogP contribution in [0.25, 0.3) is 11.1 Å². The predicted molar refractivity (Wildman–Crippen MR) is 88.3 cm³/mol. The van der Waals surface area contributed by atoms with Gasteiger partial charge in [-0.2, -0.15) is 0 Å². The van der Waals surface area contributed by atoms with Crippen LogP contribution < -0.4 is 0 Å². The van der Waals surface area contributed by atoms with E-state index in [-0.39, 0.29) is 5.75 Å². The van der Waals surface area contributed by atoms with Gasteiger partial charge in [-0.1, -0.05) is 13.3 Å². The summed E-state index contributed by atoms with van der Waals surface area (Å²) in [7, 11) is -3.21. The third kappa shape index (κ3) is 2.68. The molecular formula is C17H22N2O3S. The highest BCUT2D eigenvalue weighted by atomic mass is 32.2. The number of rotatable bonds is 4. The Morgan fingerprint density at radius 3 is 2.83 bits per heavy atom. The van der Waals surface area contributed by atoms with Crippen molar-refractivity contribution in [3.05, 3.63) is 24.1 Å². The van der Waals surface area contributed by atoms with Crippen molar-refractivity contribution in [2.45, 2.75) is 49.5 Å². The summed E-state index contributed by atoms with van der Waals surface area (Å²) in [5.41, 5.74) is 1.33. The number of oxazole rings is 1. The maximum atomic E-state index is 12.0. The zero-order valence-electron chi connectivity index (χ0n) is 13.4. The number of benzene rings is 1. The van der Waals surface area contributed by atoms with E-state index in [1.54, 1.807) is 25.1 Å². The highest BCUT2D eigenvalue weighted by Crippen LogP contribution is 2.35. The summed E-state index contributed by atoms with van der Waals surface area (Å²) >= 11 is 0. The molecule has 1 saturated carbocycles. The first-order chi connectivity index (χ1) is 11.1. The average Bonchev–Trinajstić information content (AvgIpc) is 3.10. The van der Waals surface area contributed by atoms with Gasteiger partial charge in [-0.05, 0) is 44.0 Å². The molecule has 2 fully saturated rings. The van der Waals surface area contributed by atoms with Crippen molar-refractivity contribution in [1.29, 1.82) is 0 Å². The van der Waals surface area contributed by atoms with Gasteiger partial charge < -0.3 is 4.42 Å². The van der Waals surface area contributed by atoms with E-state index >= 15 is 0 Å². The van der Waals surface area contributed by atoms with Crippen LogP contribution in [0, 0.1) is 0 Å². The molecule has 1 atom stereocenters. The molecular weight excluding hydrogens is 312 g/mol. The van der Waals surface area contributed by atoms with Gasteiger partial charge in [0.25, 0.3) is 0 Å². The summed E-state index contributed by atoms with van der Waals surface area (Å²) < 4.78 is 29.9. The zero-order chi connectivity index (χ0) is 16.0. The van der Waals surface area contributed by atoms with Crippen molar-refractivity contribution < 1.29 is 12.8 Å². The summed E-state index contributed by atoms with van der Waals surface area (Å²) in [5, 5.41) is 0. The molecule has 23 heavy (non-hydrogen) atoms. The number of hydrogen-bond donors (Lipinski definition) is 0. The SMILES string of the molecule is CCS(=O)(=O)c1ccc2oc(C3CCN(C4CCC4)C3)nc2c1. The summed E-state index contributed by atoms with van der Waals surface area (Å²) in [6.07, 6.45) is 5.06. The molecule has 1 aromatic heterocycles. The second-order valence-electron chi connectivity index (χ2n) is 6.65. The minimum Gasteiger partial charge on any atom is -0.440 e. The van der Waals surface area contributed by atoms with E-state index in [2.05, 4.69) is 9.88 Å². The average molecular weight is 334 g/mol. The number of nitrogens with zero attached hydrogens (tertiary/aromatic N) is 2. The normalized spacial score (nSPS) is 23.4. The van der Waals surface area contributed by atoms with Gasteiger partial charge in [-0.25, -0.2) is 13.4 Å². The number of aromatic nitrogens is 1. The van der Waals surface area contributed by atoms with Crippen molar-refractivity contribution in [2.75, 3.05) is 18.8 Å².